The Bertz CT molecular complexity index is 380. The molecule has 1 aromatic rings. The maximum Gasteiger partial charge on any atom is 0.226 e. The Labute approximate surface area is 109 Å². The number of carbonyl (C=O) groups is 1. The van der Waals surface area contributed by atoms with Crippen LogP contribution in [0.15, 0.2) is 24.3 Å². The fourth-order valence-electron chi connectivity index (χ4n) is 1.62. The van der Waals surface area contributed by atoms with Crippen molar-refractivity contribution in [2.45, 2.75) is 13.3 Å². The average Bonchev–Trinajstić information content (AvgIpc) is 2.37. The smallest absolute Gasteiger partial charge is 0.226 e. The molecule has 0 saturated heterocycles. The Kier molecular flexibility index (Phi) is 6.39. The molecular formula is C14H22N2O2. The molecule has 0 radical (unpaired) electrons. The average molecular weight is 250 g/mol. The zero-order valence-corrected chi connectivity index (χ0v) is 11.2. The van der Waals surface area contributed by atoms with Gasteiger partial charge in [0.05, 0.1) is 19.6 Å². The van der Waals surface area contributed by atoms with E-state index < -0.39 is 0 Å². The first-order valence-corrected chi connectivity index (χ1v) is 6.21. The number of hydrogen-bond donors (Lipinski definition) is 1. The van der Waals surface area contributed by atoms with Gasteiger partial charge in [-0.3, -0.25) is 4.79 Å². The number of carbonyl (C=O) groups excluding carboxylic acids is 1. The third-order valence-corrected chi connectivity index (χ3v) is 2.86. The normalized spacial score (nSPS) is 10.4. The van der Waals surface area contributed by atoms with Crippen LogP contribution in [0.25, 0.3) is 0 Å². The fourth-order valence-corrected chi connectivity index (χ4v) is 1.62. The Morgan fingerprint density at radius 3 is 2.72 bits per heavy atom. The maximum absolute atomic E-state index is 12.0. The second-order valence-corrected chi connectivity index (χ2v) is 4.32. The minimum atomic E-state index is 0.112. The van der Waals surface area contributed by atoms with Gasteiger partial charge in [-0.1, -0.05) is 24.3 Å². The molecule has 1 aromatic carbocycles. The summed E-state index contributed by atoms with van der Waals surface area (Å²) >= 11 is 0. The van der Waals surface area contributed by atoms with E-state index in [1.54, 1.807) is 11.9 Å². The van der Waals surface area contributed by atoms with E-state index in [0.717, 1.165) is 11.1 Å². The van der Waals surface area contributed by atoms with Crippen LogP contribution in [0.5, 0.6) is 0 Å². The molecule has 0 unspecified atom stereocenters. The molecule has 100 valence electrons. The third-order valence-electron chi connectivity index (χ3n) is 2.86. The summed E-state index contributed by atoms with van der Waals surface area (Å²) < 4.78 is 5.26. The Morgan fingerprint density at radius 1 is 1.33 bits per heavy atom. The van der Waals surface area contributed by atoms with Crippen LogP contribution in [0.1, 0.15) is 11.1 Å². The SMILES string of the molecule is Cc1ccccc1CC(=O)N(C)CCOCCN. The van der Waals surface area contributed by atoms with E-state index in [9.17, 15) is 4.79 Å². The lowest BCUT2D eigenvalue weighted by Gasteiger charge is -2.17. The molecule has 0 aliphatic heterocycles. The molecule has 0 bridgehead atoms. The second-order valence-electron chi connectivity index (χ2n) is 4.32. The Hall–Kier alpha value is -1.39. The van der Waals surface area contributed by atoms with Crippen LogP contribution in [0.3, 0.4) is 0 Å². The number of nitrogens with two attached hydrogens (primary N) is 1. The number of likely N-dealkylation sites (N-methyl/N-ethyl adjacent to an activating group) is 1. The number of hydrogen-bond acceptors (Lipinski definition) is 3. The van der Waals surface area contributed by atoms with Crippen molar-refractivity contribution in [3.8, 4) is 0 Å². The topological polar surface area (TPSA) is 55.6 Å². The largest absolute Gasteiger partial charge is 0.378 e. The summed E-state index contributed by atoms with van der Waals surface area (Å²) in [6.07, 6.45) is 0.445. The molecular weight excluding hydrogens is 228 g/mol. The van der Waals surface area contributed by atoms with E-state index in [0.29, 0.717) is 32.7 Å². The van der Waals surface area contributed by atoms with E-state index in [1.807, 2.05) is 31.2 Å². The van der Waals surface area contributed by atoms with Crippen molar-refractivity contribution in [3.63, 3.8) is 0 Å². The molecule has 0 aromatic heterocycles. The monoisotopic (exact) mass is 250 g/mol. The summed E-state index contributed by atoms with van der Waals surface area (Å²) in [5, 5.41) is 0. The van der Waals surface area contributed by atoms with Gasteiger partial charge < -0.3 is 15.4 Å². The van der Waals surface area contributed by atoms with Gasteiger partial charge in [0.25, 0.3) is 0 Å². The first-order valence-electron chi connectivity index (χ1n) is 6.21. The number of aryl methyl sites for hydroxylation is 1. The van der Waals surface area contributed by atoms with Crippen LogP contribution in [-0.4, -0.2) is 44.2 Å². The first kappa shape index (κ1) is 14.7. The van der Waals surface area contributed by atoms with Crippen molar-refractivity contribution in [2.24, 2.45) is 5.73 Å². The highest BCUT2D eigenvalue weighted by atomic mass is 16.5. The summed E-state index contributed by atoms with van der Waals surface area (Å²) in [6, 6.07) is 7.95. The zero-order chi connectivity index (χ0) is 13.4. The minimum absolute atomic E-state index is 0.112. The molecule has 0 saturated carbocycles. The second kappa shape index (κ2) is 7.84. The Balaban J connectivity index is 2.38. The van der Waals surface area contributed by atoms with Gasteiger partial charge in [0.15, 0.2) is 0 Å². The number of nitrogens with zero attached hydrogens (tertiary/aromatic N) is 1. The molecule has 0 atom stereocenters. The molecule has 1 rings (SSSR count). The van der Waals surface area contributed by atoms with E-state index in [1.165, 1.54) is 0 Å². The van der Waals surface area contributed by atoms with Crippen LogP contribution in [0, 0.1) is 6.92 Å². The summed E-state index contributed by atoms with van der Waals surface area (Å²) in [5.74, 6) is 0.112. The van der Waals surface area contributed by atoms with Gasteiger partial charge in [-0.25, -0.2) is 0 Å². The summed E-state index contributed by atoms with van der Waals surface area (Å²) in [6.45, 7) is 4.21. The van der Waals surface area contributed by atoms with Crippen molar-refractivity contribution in [1.29, 1.82) is 0 Å². The lowest BCUT2D eigenvalue weighted by Crippen LogP contribution is -2.32. The number of amides is 1. The number of benzene rings is 1. The minimum Gasteiger partial charge on any atom is -0.378 e. The van der Waals surface area contributed by atoms with E-state index in [4.69, 9.17) is 10.5 Å². The summed E-state index contributed by atoms with van der Waals surface area (Å²) in [4.78, 5) is 13.7. The quantitative estimate of drug-likeness (QED) is 0.734. The van der Waals surface area contributed by atoms with Gasteiger partial charge in [0.1, 0.15) is 0 Å². The van der Waals surface area contributed by atoms with E-state index in [-0.39, 0.29) is 5.91 Å². The molecule has 4 nitrogen and oxygen atoms in total. The molecule has 1 amide bonds. The number of rotatable bonds is 7. The first-order chi connectivity index (χ1) is 8.65. The van der Waals surface area contributed by atoms with Gasteiger partial charge in [0.2, 0.25) is 5.91 Å². The third kappa shape index (κ3) is 4.85. The molecule has 18 heavy (non-hydrogen) atoms. The Morgan fingerprint density at radius 2 is 2.06 bits per heavy atom. The lowest BCUT2D eigenvalue weighted by atomic mass is 10.1. The fraction of sp³-hybridized carbons (Fsp3) is 0.500. The van der Waals surface area contributed by atoms with Crippen molar-refractivity contribution >= 4 is 5.91 Å². The zero-order valence-electron chi connectivity index (χ0n) is 11.2. The van der Waals surface area contributed by atoms with Crippen LogP contribution in [0.2, 0.25) is 0 Å². The standard InChI is InChI=1S/C14H22N2O2/c1-12-5-3-4-6-13(12)11-14(17)16(2)8-10-18-9-7-15/h3-6H,7-11,15H2,1-2H3. The van der Waals surface area contributed by atoms with Gasteiger partial charge in [-0.05, 0) is 18.1 Å². The maximum atomic E-state index is 12.0. The van der Waals surface area contributed by atoms with Crippen molar-refractivity contribution in [2.75, 3.05) is 33.4 Å². The van der Waals surface area contributed by atoms with E-state index >= 15 is 0 Å². The summed E-state index contributed by atoms with van der Waals surface area (Å²) in [7, 11) is 1.80. The van der Waals surface area contributed by atoms with Gasteiger partial charge in [0, 0.05) is 20.1 Å². The van der Waals surface area contributed by atoms with E-state index in [2.05, 4.69) is 0 Å². The molecule has 0 spiro atoms. The summed E-state index contributed by atoms with van der Waals surface area (Å²) in [5.41, 5.74) is 7.55. The molecule has 0 fully saturated rings. The predicted octanol–water partition coefficient (Wildman–Crippen LogP) is 0.971. The van der Waals surface area contributed by atoms with Crippen LogP contribution in [-0.2, 0) is 16.0 Å². The van der Waals surface area contributed by atoms with Gasteiger partial charge in [-0.2, -0.15) is 0 Å². The lowest BCUT2D eigenvalue weighted by molar-refractivity contribution is -0.129. The highest BCUT2D eigenvalue weighted by Crippen LogP contribution is 2.08. The van der Waals surface area contributed by atoms with Crippen molar-refractivity contribution in [3.05, 3.63) is 35.4 Å². The molecule has 4 heteroatoms. The van der Waals surface area contributed by atoms with Crippen LogP contribution >= 0.6 is 0 Å². The molecule has 2 N–H and O–H groups in total. The highest BCUT2D eigenvalue weighted by Gasteiger charge is 2.10. The predicted molar refractivity (Wildman–Crippen MR) is 72.4 cm³/mol. The molecule has 0 heterocycles. The van der Waals surface area contributed by atoms with Crippen molar-refractivity contribution in [1.82, 2.24) is 4.90 Å². The van der Waals surface area contributed by atoms with Gasteiger partial charge >= 0.3 is 0 Å². The number of ether oxygens (including phenoxy) is 1. The van der Waals surface area contributed by atoms with Gasteiger partial charge in [-0.15, -0.1) is 0 Å². The van der Waals surface area contributed by atoms with Crippen LogP contribution in [0.4, 0.5) is 0 Å². The molecule has 0 aliphatic carbocycles. The molecule has 0 aliphatic rings. The highest BCUT2D eigenvalue weighted by molar-refractivity contribution is 5.78. The van der Waals surface area contributed by atoms with Crippen LogP contribution < -0.4 is 5.73 Å². The van der Waals surface area contributed by atoms with Crippen molar-refractivity contribution < 1.29 is 9.53 Å².